The third-order valence-corrected chi connectivity index (χ3v) is 7.69. The normalized spacial score (nSPS) is 19.5. The highest BCUT2D eigenvalue weighted by molar-refractivity contribution is 7.89. The molecule has 2 heterocycles. The number of carbonyl (C=O) groups excluding carboxylic acids is 1. The Balaban J connectivity index is 1.71. The smallest absolute Gasteiger partial charge is 0.251 e. The maximum Gasteiger partial charge on any atom is 0.251 e. The van der Waals surface area contributed by atoms with E-state index in [-0.39, 0.29) is 16.6 Å². The molecule has 1 aromatic carbocycles. The molecule has 0 atom stereocenters. The molecule has 2 aliphatic heterocycles. The third-order valence-electron chi connectivity index (χ3n) is 5.77. The molecule has 2 saturated heterocycles. The Morgan fingerprint density at radius 2 is 1.62 bits per heavy atom. The van der Waals surface area contributed by atoms with E-state index in [1.54, 1.807) is 12.1 Å². The van der Waals surface area contributed by atoms with Crippen molar-refractivity contribution in [2.45, 2.75) is 49.8 Å². The van der Waals surface area contributed by atoms with Crippen LogP contribution in [0.15, 0.2) is 23.1 Å². The first-order valence-electron chi connectivity index (χ1n) is 10.7. The van der Waals surface area contributed by atoms with Gasteiger partial charge in [-0.1, -0.05) is 19.3 Å². The van der Waals surface area contributed by atoms with Crippen LogP contribution in [0.3, 0.4) is 0 Å². The van der Waals surface area contributed by atoms with Crippen LogP contribution < -0.4 is 10.1 Å². The summed E-state index contributed by atoms with van der Waals surface area (Å²) in [7, 11) is -2.25. The Morgan fingerprint density at radius 1 is 1.00 bits per heavy atom. The summed E-state index contributed by atoms with van der Waals surface area (Å²) >= 11 is 0. The Labute approximate surface area is 174 Å². The molecule has 0 aliphatic carbocycles. The minimum atomic E-state index is -3.70. The molecule has 1 N–H and O–H groups in total. The second kappa shape index (κ2) is 10.4. The van der Waals surface area contributed by atoms with Gasteiger partial charge in [0.1, 0.15) is 10.6 Å². The Kier molecular flexibility index (Phi) is 7.91. The second-order valence-corrected chi connectivity index (χ2v) is 9.75. The van der Waals surface area contributed by atoms with Crippen LogP contribution in [-0.2, 0) is 10.0 Å². The zero-order valence-electron chi connectivity index (χ0n) is 17.4. The Bertz CT molecular complexity index is 783. The summed E-state index contributed by atoms with van der Waals surface area (Å²) in [6.45, 7) is 4.56. The molecule has 0 bridgehead atoms. The van der Waals surface area contributed by atoms with Gasteiger partial charge in [-0.15, -0.1) is 0 Å². The van der Waals surface area contributed by atoms with Gasteiger partial charge >= 0.3 is 0 Å². The van der Waals surface area contributed by atoms with E-state index in [0.29, 0.717) is 25.2 Å². The van der Waals surface area contributed by atoms with Crippen LogP contribution in [0.2, 0.25) is 0 Å². The van der Waals surface area contributed by atoms with E-state index < -0.39 is 10.0 Å². The van der Waals surface area contributed by atoms with E-state index in [4.69, 9.17) is 4.74 Å². The molecule has 0 saturated carbocycles. The SMILES string of the molecule is COc1ccc(C(=O)NCCN2CCCCC2)cc1S(=O)(=O)N1CCCCCC1. The molecule has 0 aromatic heterocycles. The molecule has 0 spiro atoms. The number of carbonyl (C=O) groups is 1. The first-order valence-corrected chi connectivity index (χ1v) is 12.1. The number of amides is 1. The molecular formula is C21H33N3O4S. The standard InChI is InChI=1S/C21H33N3O4S/c1-28-19-10-9-18(21(25)22-11-16-23-12-5-4-6-13-23)17-20(19)29(26,27)24-14-7-2-3-8-15-24/h9-10,17H,2-8,11-16H2,1H3,(H,22,25). The fourth-order valence-electron chi connectivity index (χ4n) is 4.05. The Morgan fingerprint density at radius 3 is 2.28 bits per heavy atom. The number of nitrogens with one attached hydrogen (secondary N) is 1. The van der Waals surface area contributed by atoms with Gasteiger partial charge in [0, 0.05) is 31.7 Å². The molecular weight excluding hydrogens is 390 g/mol. The number of hydrogen-bond donors (Lipinski definition) is 1. The number of nitrogens with zero attached hydrogens (tertiary/aromatic N) is 2. The number of sulfonamides is 1. The number of methoxy groups -OCH3 is 1. The van der Waals surface area contributed by atoms with Crippen molar-refractivity contribution in [3.63, 3.8) is 0 Å². The number of piperidine rings is 1. The van der Waals surface area contributed by atoms with E-state index in [1.807, 2.05) is 0 Å². The van der Waals surface area contributed by atoms with Gasteiger partial charge in [0.2, 0.25) is 10.0 Å². The lowest BCUT2D eigenvalue weighted by Crippen LogP contribution is -2.37. The highest BCUT2D eigenvalue weighted by Crippen LogP contribution is 2.29. The van der Waals surface area contributed by atoms with E-state index in [1.165, 1.54) is 36.7 Å². The van der Waals surface area contributed by atoms with Gasteiger partial charge in [-0.3, -0.25) is 4.79 Å². The molecule has 29 heavy (non-hydrogen) atoms. The van der Waals surface area contributed by atoms with Crippen LogP contribution in [-0.4, -0.2) is 69.9 Å². The van der Waals surface area contributed by atoms with Crippen molar-refractivity contribution in [1.29, 1.82) is 0 Å². The van der Waals surface area contributed by atoms with Gasteiger partial charge in [0.25, 0.3) is 5.91 Å². The van der Waals surface area contributed by atoms with Crippen molar-refractivity contribution in [1.82, 2.24) is 14.5 Å². The molecule has 2 aliphatic rings. The molecule has 3 rings (SSSR count). The first-order chi connectivity index (χ1) is 14.0. The average Bonchev–Trinajstić information content (AvgIpc) is 3.04. The molecule has 1 amide bonds. The van der Waals surface area contributed by atoms with Crippen molar-refractivity contribution in [3.05, 3.63) is 23.8 Å². The molecule has 2 fully saturated rings. The topological polar surface area (TPSA) is 79.0 Å². The van der Waals surface area contributed by atoms with Gasteiger partial charge in [-0.05, 0) is 57.0 Å². The zero-order chi connectivity index (χ0) is 20.7. The summed E-state index contributed by atoms with van der Waals surface area (Å²) in [6, 6.07) is 4.65. The van der Waals surface area contributed by atoms with E-state index >= 15 is 0 Å². The highest BCUT2D eigenvalue weighted by Gasteiger charge is 2.29. The predicted molar refractivity (Wildman–Crippen MR) is 113 cm³/mol. The van der Waals surface area contributed by atoms with Gasteiger partial charge in [-0.25, -0.2) is 8.42 Å². The van der Waals surface area contributed by atoms with Crippen molar-refractivity contribution < 1.29 is 17.9 Å². The molecule has 0 radical (unpaired) electrons. The number of hydrogen-bond acceptors (Lipinski definition) is 5. The van der Waals surface area contributed by atoms with Gasteiger partial charge in [0.15, 0.2) is 0 Å². The molecule has 162 valence electrons. The van der Waals surface area contributed by atoms with Gasteiger partial charge in [-0.2, -0.15) is 4.31 Å². The van der Waals surface area contributed by atoms with Crippen LogP contribution in [0.5, 0.6) is 5.75 Å². The monoisotopic (exact) mass is 423 g/mol. The lowest BCUT2D eigenvalue weighted by Gasteiger charge is -2.26. The van der Waals surface area contributed by atoms with Crippen molar-refractivity contribution in [2.24, 2.45) is 0 Å². The summed E-state index contributed by atoms with van der Waals surface area (Å²) in [4.78, 5) is 15.0. The lowest BCUT2D eigenvalue weighted by molar-refractivity contribution is 0.0946. The second-order valence-electron chi connectivity index (χ2n) is 7.84. The summed E-state index contributed by atoms with van der Waals surface area (Å²) in [5, 5.41) is 2.92. The van der Waals surface area contributed by atoms with E-state index in [2.05, 4.69) is 10.2 Å². The number of likely N-dealkylation sites (tertiary alicyclic amines) is 1. The maximum atomic E-state index is 13.2. The average molecular weight is 424 g/mol. The number of rotatable bonds is 7. The zero-order valence-corrected chi connectivity index (χ0v) is 18.2. The fraction of sp³-hybridized carbons (Fsp3) is 0.667. The first kappa shape index (κ1) is 22.1. The Hall–Kier alpha value is -1.64. The van der Waals surface area contributed by atoms with Crippen LogP contribution in [0.25, 0.3) is 0 Å². The van der Waals surface area contributed by atoms with Crippen molar-refractivity contribution >= 4 is 15.9 Å². The largest absolute Gasteiger partial charge is 0.495 e. The molecule has 8 heteroatoms. The summed E-state index contributed by atoms with van der Waals surface area (Å²) < 4.78 is 33.3. The number of benzene rings is 1. The molecule has 1 aromatic rings. The van der Waals surface area contributed by atoms with Gasteiger partial charge in [0.05, 0.1) is 7.11 Å². The predicted octanol–water partition coefficient (Wildman–Crippen LogP) is 2.48. The van der Waals surface area contributed by atoms with Crippen molar-refractivity contribution in [3.8, 4) is 5.75 Å². The summed E-state index contributed by atoms with van der Waals surface area (Å²) in [6.07, 6.45) is 7.51. The summed E-state index contributed by atoms with van der Waals surface area (Å²) in [5.41, 5.74) is 0.345. The van der Waals surface area contributed by atoms with E-state index in [0.717, 1.165) is 45.3 Å². The molecule has 7 nitrogen and oxygen atoms in total. The van der Waals surface area contributed by atoms with Crippen molar-refractivity contribution in [2.75, 3.05) is 46.4 Å². The van der Waals surface area contributed by atoms with Crippen LogP contribution >= 0.6 is 0 Å². The van der Waals surface area contributed by atoms with Crippen LogP contribution in [0.4, 0.5) is 0 Å². The summed E-state index contributed by atoms with van der Waals surface area (Å²) in [5.74, 6) is 0.0242. The minimum absolute atomic E-state index is 0.0746. The van der Waals surface area contributed by atoms with Crippen LogP contribution in [0, 0.1) is 0 Å². The lowest BCUT2D eigenvalue weighted by atomic mass is 10.1. The number of ether oxygens (including phenoxy) is 1. The van der Waals surface area contributed by atoms with E-state index in [9.17, 15) is 13.2 Å². The van der Waals surface area contributed by atoms with Gasteiger partial charge < -0.3 is 15.0 Å². The third kappa shape index (κ3) is 5.71. The fourth-order valence-corrected chi connectivity index (χ4v) is 5.75. The minimum Gasteiger partial charge on any atom is -0.495 e. The maximum absolute atomic E-state index is 13.2. The highest BCUT2D eigenvalue weighted by atomic mass is 32.2. The molecule has 0 unspecified atom stereocenters. The quantitative estimate of drug-likeness (QED) is 0.729. The van der Waals surface area contributed by atoms with Crippen LogP contribution in [0.1, 0.15) is 55.3 Å².